The van der Waals surface area contributed by atoms with Crippen molar-refractivity contribution in [2.75, 3.05) is 31.2 Å². The van der Waals surface area contributed by atoms with Crippen LogP contribution in [0, 0.1) is 10.1 Å². The van der Waals surface area contributed by atoms with E-state index in [2.05, 4.69) is 4.90 Å². The van der Waals surface area contributed by atoms with Crippen LogP contribution in [-0.2, 0) is 4.74 Å². The molecule has 0 unspecified atom stereocenters. The van der Waals surface area contributed by atoms with Gasteiger partial charge in [0.2, 0.25) is 0 Å². The monoisotopic (exact) mass is 272 g/mol. The van der Waals surface area contributed by atoms with Crippen LogP contribution in [0.15, 0.2) is 18.2 Å². The fourth-order valence-electron chi connectivity index (χ4n) is 1.67. The molecule has 1 aromatic carbocycles. The molecule has 0 aromatic heterocycles. The van der Waals surface area contributed by atoms with E-state index in [1.165, 1.54) is 12.1 Å². The highest BCUT2D eigenvalue weighted by Gasteiger charge is 2.16. The first-order chi connectivity index (χ1) is 8.68. The number of halogens is 1. The summed E-state index contributed by atoms with van der Waals surface area (Å²) >= 11 is 6.02. The van der Waals surface area contributed by atoms with Crippen molar-refractivity contribution in [3.63, 3.8) is 0 Å². The summed E-state index contributed by atoms with van der Waals surface area (Å²) in [5.74, 6) is 0. The molecule has 1 saturated heterocycles. The number of anilines is 1. The second-order valence-electron chi connectivity index (χ2n) is 3.49. The predicted molar refractivity (Wildman–Crippen MR) is 72.5 cm³/mol. The number of non-ortho nitro benzene ring substituents is 1. The maximum atomic E-state index is 10.6. The zero-order valence-electron chi connectivity index (χ0n) is 10.6. The van der Waals surface area contributed by atoms with Crippen LogP contribution in [0.1, 0.15) is 13.8 Å². The first-order valence-corrected chi connectivity index (χ1v) is 6.33. The van der Waals surface area contributed by atoms with Gasteiger partial charge in [0.05, 0.1) is 28.8 Å². The molecule has 0 bridgehead atoms. The topological polar surface area (TPSA) is 55.6 Å². The fraction of sp³-hybridized carbons (Fsp3) is 0.500. The molecule has 0 radical (unpaired) electrons. The predicted octanol–water partition coefficient (Wildman–Crippen LogP) is 3.11. The van der Waals surface area contributed by atoms with Crippen LogP contribution in [0.4, 0.5) is 11.4 Å². The summed E-state index contributed by atoms with van der Waals surface area (Å²) in [5, 5.41) is 11.0. The number of rotatable bonds is 2. The van der Waals surface area contributed by atoms with Gasteiger partial charge in [-0.15, -0.1) is 0 Å². The summed E-state index contributed by atoms with van der Waals surface area (Å²) in [6, 6.07) is 4.54. The first kappa shape index (κ1) is 14.7. The summed E-state index contributed by atoms with van der Waals surface area (Å²) < 4.78 is 5.23. The highest BCUT2D eigenvalue weighted by atomic mass is 35.5. The van der Waals surface area contributed by atoms with Crippen molar-refractivity contribution >= 4 is 23.0 Å². The smallest absolute Gasteiger partial charge is 0.271 e. The summed E-state index contributed by atoms with van der Waals surface area (Å²) in [6.45, 7) is 6.84. The second kappa shape index (κ2) is 7.18. The van der Waals surface area contributed by atoms with Gasteiger partial charge in [0, 0.05) is 25.2 Å². The summed E-state index contributed by atoms with van der Waals surface area (Å²) in [4.78, 5) is 12.2. The molecule has 1 heterocycles. The third kappa shape index (κ3) is 3.58. The van der Waals surface area contributed by atoms with Gasteiger partial charge >= 0.3 is 0 Å². The lowest BCUT2D eigenvalue weighted by atomic mass is 10.2. The average molecular weight is 273 g/mol. The van der Waals surface area contributed by atoms with Gasteiger partial charge in [0.25, 0.3) is 5.69 Å². The zero-order chi connectivity index (χ0) is 13.5. The number of morpholine rings is 1. The van der Waals surface area contributed by atoms with Crippen LogP contribution < -0.4 is 4.90 Å². The van der Waals surface area contributed by atoms with Gasteiger partial charge < -0.3 is 9.64 Å². The SMILES string of the molecule is CC.O=[N+]([O-])c1ccc(N2CCOCC2)c(Cl)c1. The molecule has 1 aliphatic heterocycles. The van der Waals surface area contributed by atoms with E-state index in [4.69, 9.17) is 16.3 Å². The standard InChI is InChI=1S/C10H11ClN2O3.C2H6/c11-9-7-8(13(14)15)1-2-10(9)12-3-5-16-6-4-12;1-2/h1-2,7H,3-6H2;1-2H3. The molecule has 100 valence electrons. The highest BCUT2D eigenvalue weighted by molar-refractivity contribution is 6.33. The van der Waals surface area contributed by atoms with Crippen LogP contribution >= 0.6 is 11.6 Å². The Morgan fingerprint density at radius 1 is 1.33 bits per heavy atom. The van der Waals surface area contributed by atoms with Crippen molar-refractivity contribution in [1.29, 1.82) is 0 Å². The molecule has 1 aliphatic rings. The molecule has 0 aliphatic carbocycles. The Kier molecular flexibility index (Phi) is 5.88. The molecule has 0 saturated carbocycles. The van der Waals surface area contributed by atoms with Crippen molar-refractivity contribution in [2.45, 2.75) is 13.8 Å². The van der Waals surface area contributed by atoms with Gasteiger partial charge in [-0.05, 0) is 6.07 Å². The van der Waals surface area contributed by atoms with Gasteiger partial charge in [-0.3, -0.25) is 10.1 Å². The van der Waals surface area contributed by atoms with Gasteiger partial charge in [0.1, 0.15) is 0 Å². The van der Waals surface area contributed by atoms with Crippen LogP contribution in [0.25, 0.3) is 0 Å². The molecular weight excluding hydrogens is 256 g/mol. The number of benzene rings is 1. The van der Waals surface area contributed by atoms with Crippen molar-refractivity contribution < 1.29 is 9.66 Å². The molecule has 6 heteroatoms. The van der Waals surface area contributed by atoms with Crippen LogP contribution in [-0.4, -0.2) is 31.2 Å². The molecule has 18 heavy (non-hydrogen) atoms. The number of nitro groups is 1. The molecule has 1 fully saturated rings. The van der Waals surface area contributed by atoms with Crippen molar-refractivity contribution in [1.82, 2.24) is 0 Å². The third-order valence-corrected chi connectivity index (χ3v) is 2.80. The van der Waals surface area contributed by atoms with E-state index in [1.54, 1.807) is 6.07 Å². The van der Waals surface area contributed by atoms with Crippen molar-refractivity contribution in [3.05, 3.63) is 33.3 Å². The summed E-state index contributed by atoms with van der Waals surface area (Å²) in [7, 11) is 0. The molecule has 0 spiro atoms. The minimum atomic E-state index is -0.449. The number of nitrogens with zero attached hydrogens (tertiary/aromatic N) is 2. The fourth-order valence-corrected chi connectivity index (χ4v) is 1.96. The van der Waals surface area contributed by atoms with Crippen LogP contribution in [0.3, 0.4) is 0 Å². The van der Waals surface area contributed by atoms with E-state index >= 15 is 0 Å². The first-order valence-electron chi connectivity index (χ1n) is 5.95. The maximum absolute atomic E-state index is 10.6. The molecule has 1 aromatic rings. The van der Waals surface area contributed by atoms with Crippen molar-refractivity contribution in [2.24, 2.45) is 0 Å². The van der Waals surface area contributed by atoms with Gasteiger partial charge in [-0.1, -0.05) is 25.4 Å². The highest BCUT2D eigenvalue weighted by Crippen LogP contribution is 2.30. The number of hydrogen-bond acceptors (Lipinski definition) is 4. The Morgan fingerprint density at radius 2 is 1.94 bits per heavy atom. The van der Waals surface area contributed by atoms with Crippen LogP contribution in [0.2, 0.25) is 5.02 Å². The minimum Gasteiger partial charge on any atom is -0.378 e. The van der Waals surface area contributed by atoms with Gasteiger partial charge in [-0.2, -0.15) is 0 Å². The number of nitro benzene ring substituents is 1. The number of ether oxygens (including phenoxy) is 1. The van der Waals surface area contributed by atoms with E-state index < -0.39 is 4.92 Å². The summed E-state index contributed by atoms with van der Waals surface area (Å²) in [5.41, 5.74) is 0.845. The molecule has 0 amide bonds. The Labute approximate surface area is 111 Å². The lowest BCUT2D eigenvalue weighted by molar-refractivity contribution is -0.384. The minimum absolute atomic E-state index is 0.0157. The normalized spacial score (nSPS) is 14.7. The third-order valence-electron chi connectivity index (χ3n) is 2.49. The number of hydrogen-bond donors (Lipinski definition) is 0. The molecular formula is C12H17ClN2O3. The van der Waals surface area contributed by atoms with E-state index in [0.29, 0.717) is 18.2 Å². The second-order valence-corrected chi connectivity index (χ2v) is 3.90. The van der Waals surface area contributed by atoms with E-state index in [9.17, 15) is 10.1 Å². The van der Waals surface area contributed by atoms with Gasteiger partial charge in [-0.25, -0.2) is 0 Å². The molecule has 0 N–H and O–H groups in total. The zero-order valence-corrected chi connectivity index (χ0v) is 11.3. The van der Waals surface area contributed by atoms with Crippen molar-refractivity contribution in [3.8, 4) is 0 Å². The quantitative estimate of drug-likeness (QED) is 0.613. The van der Waals surface area contributed by atoms with E-state index in [1.807, 2.05) is 13.8 Å². The van der Waals surface area contributed by atoms with E-state index in [-0.39, 0.29) is 5.69 Å². The summed E-state index contributed by atoms with van der Waals surface area (Å²) in [6.07, 6.45) is 0. The lowest BCUT2D eigenvalue weighted by Gasteiger charge is -2.29. The van der Waals surface area contributed by atoms with E-state index in [0.717, 1.165) is 18.8 Å². The Hall–Kier alpha value is -1.33. The maximum Gasteiger partial charge on any atom is 0.271 e. The average Bonchev–Trinajstić information content (AvgIpc) is 2.42. The largest absolute Gasteiger partial charge is 0.378 e. The molecule has 0 atom stereocenters. The Bertz CT molecular complexity index is 406. The Balaban J connectivity index is 0.000000771. The van der Waals surface area contributed by atoms with Crippen LogP contribution in [0.5, 0.6) is 0 Å². The Morgan fingerprint density at radius 3 is 2.44 bits per heavy atom. The van der Waals surface area contributed by atoms with Gasteiger partial charge in [0.15, 0.2) is 0 Å². The lowest BCUT2D eigenvalue weighted by Crippen LogP contribution is -2.36. The molecule has 5 nitrogen and oxygen atoms in total. The molecule has 2 rings (SSSR count).